The Hall–Kier alpha value is -0.810. The fourth-order valence-electron chi connectivity index (χ4n) is 0.437. The van der Waals surface area contributed by atoms with E-state index in [0.717, 1.165) is 0 Å². The molecule has 0 aromatic heterocycles. The highest BCUT2D eigenvalue weighted by molar-refractivity contribution is 5.73. The summed E-state index contributed by atoms with van der Waals surface area (Å²) in [6, 6.07) is -0.676. The van der Waals surface area contributed by atoms with Crippen molar-refractivity contribution in [1.82, 2.24) is 10.6 Å². The summed E-state index contributed by atoms with van der Waals surface area (Å²) in [7, 11) is 1.50. The van der Waals surface area contributed by atoms with Crippen molar-refractivity contribution in [3.63, 3.8) is 0 Å². The van der Waals surface area contributed by atoms with Gasteiger partial charge in [-0.05, 0) is 0 Å². The van der Waals surface area contributed by atoms with Crippen LogP contribution in [0, 0.1) is 0 Å². The zero-order valence-electron chi connectivity index (χ0n) is 5.92. The van der Waals surface area contributed by atoms with Crippen molar-refractivity contribution in [2.24, 2.45) is 5.73 Å². The predicted molar refractivity (Wildman–Crippen MR) is 37.5 cm³/mol. The molecule has 60 valence electrons. The van der Waals surface area contributed by atoms with Crippen molar-refractivity contribution in [3.8, 4) is 0 Å². The molecule has 0 radical (unpaired) electrons. The Kier molecular flexibility index (Phi) is 4.61. The van der Waals surface area contributed by atoms with E-state index < -0.39 is 0 Å². The number of carbonyl (C=O) groups excluding carboxylic acids is 1. The minimum absolute atomic E-state index is 0.135. The van der Waals surface area contributed by atoms with Crippen molar-refractivity contribution in [2.45, 2.75) is 6.04 Å². The van der Waals surface area contributed by atoms with Gasteiger partial charge < -0.3 is 21.5 Å². The van der Waals surface area contributed by atoms with Crippen LogP contribution < -0.4 is 16.4 Å². The van der Waals surface area contributed by atoms with Gasteiger partial charge in [0.05, 0.1) is 12.6 Å². The number of rotatable bonds is 3. The van der Waals surface area contributed by atoms with Gasteiger partial charge in [0, 0.05) is 13.6 Å². The number of hydrogen-bond acceptors (Lipinski definition) is 3. The van der Waals surface area contributed by atoms with Crippen LogP contribution in [0.5, 0.6) is 0 Å². The van der Waals surface area contributed by atoms with Crippen molar-refractivity contribution in [1.29, 1.82) is 0 Å². The highest BCUT2D eigenvalue weighted by Gasteiger charge is 2.05. The fraction of sp³-hybridized carbons (Fsp3) is 0.800. The second-order valence-corrected chi connectivity index (χ2v) is 1.84. The zero-order valence-corrected chi connectivity index (χ0v) is 5.92. The Morgan fingerprint density at radius 3 is 2.70 bits per heavy atom. The molecular weight excluding hydrogens is 134 g/mol. The Morgan fingerprint density at radius 1 is 1.80 bits per heavy atom. The van der Waals surface area contributed by atoms with Crippen LogP contribution in [0.3, 0.4) is 0 Å². The normalized spacial score (nSPS) is 12.3. The van der Waals surface area contributed by atoms with Gasteiger partial charge in [-0.2, -0.15) is 0 Å². The largest absolute Gasteiger partial charge is 0.394 e. The van der Waals surface area contributed by atoms with Crippen LogP contribution >= 0.6 is 0 Å². The highest BCUT2D eigenvalue weighted by atomic mass is 16.3. The molecule has 5 nitrogen and oxygen atoms in total. The van der Waals surface area contributed by atoms with Crippen LogP contribution in [0.15, 0.2) is 0 Å². The topological polar surface area (TPSA) is 87.4 Å². The van der Waals surface area contributed by atoms with Crippen LogP contribution in [0.2, 0.25) is 0 Å². The molecule has 0 aliphatic rings. The number of nitrogens with one attached hydrogen (secondary N) is 2. The van der Waals surface area contributed by atoms with E-state index in [1.165, 1.54) is 7.05 Å². The number of carbonyl (C=O) groups is 1. The maximum absolute atomic E-state index is 10.6. The number of hydrogen-bond donors (Lipinski definition) is 4. The van der Waals surface area contributed by atoms with Crippen LogP contribution in [-0.4, -0.2) is 37.4 Å². The Bertz CT molecular complexity index is 103. The van der Waals surface area contributed by atoms with E-state index in [4.69, 9.17) is 10.8 Å². The molecule has 0 rings (SSSR count). The van der Waals surface area contributed by atoms with Crippen LogP contribution in [0.25, 0.3) is 0 Å². The quantitative estimate of drug-likeness (QED) is 0.381. The van der Waals surface area contributed by atoms with E-state index in [-0.39, 0.29) is 25.2 Å². The first-order valence-corrected chi connectivity index (χ1v) is 3.03. The molecule has 0 aromatic rings. The van der Waals surface area contributed by atoms with Gasteiger partial charge in [-0.15, -0.1) is 0 Å². The molecule has 10 heavy (non-hydrogen) atoms. The summed E-state index contributed by atoms with van der Waals surface area (Å²) in [5.74, 6) is 0. The van der Waals surface area contributed by atoms with Gasteiger partial charge in [-0.3, -0.25) is 0 Å². The maximum Gasteiger partial charge on any atom is 0.314 e. The predicted octanol–water partition coefficient (Wildman–Crippen LogP) is -1.76. The van der Waals surface area contributed by atoms with E-state index >= 15 is 0 Å². The summed E-state index contributed by atoms with van der Waals surface area (Å²) >= 11 is 0. The third-order valence-electron chi connectivity index (χ3n) is 1.07. The molecule has 0 heterocycles. The van der Waals surface area contributed by atoms with Crippen LogP contribution in [-0.2, 0) is 0 Å². The third kappa shape index (κ3) is 3.26. The molecular formula is C5H13N3O2. The first-order chi connectivity index (χ1) is 4.74. The third-order valence-corrected chi connectivity index (χ3v) is 1.07. The molecule has 5 heteroatoms. The lowest BCUT2D eigenvalue weighted by Gasteiger charge is -2.12. The lowest BCUT2D eigenvalue weighted by atomic mass is 10.3. The summed E-state index contributed by atoms with van der Waals surface area (Å²) < 4.78 is 0. The molecule has 0 aliphatic carbocycles. The molecule has 0 bridgehead atoms. The second-order valence-electron chi connectivity index (χ2n) is 1.84. The van der Waals surface area contributed by atoms with Crippen molar-refractivity contribution in [3.05, 3.63) is 0 Å². The first kappa shape index (κ1) is 9.19. The Labute approximate surface area is 59.6 Å². The number of nitrogens with two attached hydrogens (primary N) is 1. The molecule has 1 unspecified atom stereocenters. The van der Waals surface area contributed by atoms with Gasteiger partial charge in [0.1, 0.15) is 0 Å². The average Bonchev–Trinajstić information content (AvgIpc) is 1.99. The smallest absolute Gasteiger partial charge is 0.314 e. The fourth-order valence-corrected chi connectivity index (χ4v) is 0.437. The minimum atomic E-state index is -0.347. The van der Waals surface area contributed by atoms with Gasteiger partial charge in [-0.25, -0.2) is 4.79 Å². The number of aliphatic hydroxyl groups is 1. The summed E-state index contributed by atoms with van der Waals surface area (Å²) in [6.45, 7) is 0.105. The molecule has 0 aromatic carbocycles. The molecule has 0 saturated carbocycles. The highest BCUT2D eigenvalue weighted by Crippen LogP contribution is 1.75. The minimum Gasteiger partial charge on any atom is -0.394 e. The molecule has 0 aliphatic heterocycles. The summed E-state index contributed by atoms with van der Waals surface area (Å²) in [5.41, 5.74) is 5.18. The summed E-state index contributed by atoms with van der Waals surface area (Å²) in [4.78, 5) is 10.6. The average molecular weight is 147 g/mol. The first-order valence-electron chi connectivity index (χ1n) is 3.03. The lowest BCUT2D eigenvalue weighted by molar-refractivity contribution is 0.219. The van der Waals surface area contributed by atoms with E-state index in [1.807, 2.05) is 0 Å². The molecule has 0 fully saturated rings. The van der Waals surface area contributed by atoms with Gasteiger partial charge in [0.2, 0.25) is 0 Å². The molecule has 0 saturated heterocycles. The molecule has 1 atom stereocenters. The van der Waals surface area contributed by atoms with E-state index in [2.05, 4.69) is 10.6 Å². The monoisotopic (exact) mass is 147 g/mol. The SMILES string of the molecule is CNC(=O)NC(CN)CO. The van der Waals surface area contributed by atoms with Gasteiger partial charge in [0.15, 0.2) is 0 Å². The van der Waals surface area contributed by atoms with E-state index in [9.17, 15) is 4.79 Å². The Balaban J connectivity index is 3.52. The van der Waals surface area contributed by atoms with Gasteiger partial charge in [0.25, 0.3) is 0 Å². The van der Waals surface area contributed by atoms with Crippen molar-refractivity contribution < 1.29 is 9.90 Å². The van der Waals surface area contributed by atoms with Crippen molar-refractivity contribution >= 4 is 6.03 Å². The summed E-state index contributed by atoms with van der Waals surface area (Å²) in [5, 5.41) is 13.3. The van der Waals surface area contributed by atoms with Crippen LogP contribution in [0.4, 0.5) is 4.79 Å². The lowest BCUT2D eigenvalue weighted by Crippen LogP contribution is -2.46. The number of aliphatic hydroxyl groups excluding tert-OH is 1. The van der Waals surface area contributed by atoms with E-state index in [0.29, 0.717) is 0 Å². The van der Waals surface area contributed by atoms with Crippen molar-refractivity contribution in [2.75, 3.05) is 20.2 Å². The summed E-state index contributed by atoms with van der Waals surface area (Å²) in [6.07, 6.45) is 0. The van der Waals surface area contributed by atoms with Gasteiger partial charge in [-0.1, -0.05) is 0 Å². The molecule has 0 spiro atoms. The maximum atomic E-state index is 10.6. The molecule has 5 N–H and O–H groups in total. The standard InChI is InChI=1S/C5H13N3O2/c1-7-5(10)8-4(2-6)3-9/h4,9H,2-3,6H2,1H3,(H2,7,8,10). The van der Waals surface area contributed by atoms with E-state index in [1.54, 1.807) is 0 Å². The number of amides is 2. The van der Waals surface area contributed by atoms with Crippen LogP contribution in [0.1, 0.15) is 0 Å². The number of urea groups is 1. The molecule has 2 amide bonds. The van der Waals surface area contributed by atoms with Gasteiger partial charge >= 0.3 is 6.03 Å². The Morgan fingerprint density at radius 2 is 2.40 bits per heavy atom. The second kappa shape index (κ2) is 5.01. The zero-order chi connectivity index (χ0) is 7.98.